The van der Waals surface area contributed by atoms with Crippen molar-refractivity contribution in [1.29, 1.82) is 0 Å². The first kappa shape index (κ1) is 38.1. The van der Waals surface area contributed by atoms with Crippen LogP contribution in [0, 0.1) is 25.6 Å². The van der Waals surface area contributed by atoms with Gasteiger partial charge in [-0.15, -0.1) is 42.0 Å². The second-order valence-corrected chi connectivity index (χ2v) is 15.7. The van der Waals surface area contributed by atoms with Crippen molar-refractivity contribution in [2.45, 2.75) is 46.4 Å². The third kappa shape index (κ3) is 8.14. The van der Waals surface area contributed by atoms with Crippen LogP contribution in [0.1, 0.15) is 60.3 Å². The molecule has 0 saturated heterocycles. The quantitative estimate of drug-likeness (QED) is 0.150. The molecule has 0 aliphatic carbocycles. The summed E-state index contributed by atoms with van der Waals surface area (Å²) < 4.78 is 30.9. The molecule has 0 spiro atoms. The minimum atomic E-state index is -2.15. The molecule has 0 fully saturated rings. The van der Waals surface area contributed by atoms with Crippen LogP contribution in [-0.4, -0.2) is 14.5 Å². The zero-order valence-corrected chi connectivity index (χ0v) is 37.2. The van der Waals surface area contributed by atoms with Crippen molar-refractivity contribution in [3.05, 3.63) is 204 Å². The van der Waals surface area contributed by atoms with Gasteiger partial charge >= 0.3 is 0 Å². The zero-order chi connectivity index (χ0) is 44.5. The number of para-hydroxylation sites is 2. The van der Waals surface area contributed by atoms with Gasteiger partial charge in [0.1, 0.15) is 11.3 Å². The molecule has 3 heterocycles. The molecule has 0 N–H and O–H groups in total. The molecule has 5 nitrogen and oxygen atoms in total. The third-order valence-electron chi connectivity index (χ3n) is 11.0. The Bertz CT molecular complexity index is 3300. The smallest absolute Gasteiger partial charge is 0.121 e. The van der Waals surface area contributed by atoms with E-state index in [1.807, 2.05) is 12.1 Å². The summed E-state index contributed by atoms with van der Waals surface area (Å²) in [5.41, 5.74) is 15.1. The van der Waals surface area contributed by atoms with Crippen LogP contribution >= 0.6 is 0 Å². The fraction of sp³-hybridized carbons (Fsp3) is 0.125. The van der Waals surface area contributed by atoms with E-state index in [4.69, 9.17) is 20.1 Å². The van der Waals surface area contributed by atoms with Crippen molar-refractivity contribution in [2.75, 3.05) is 0 Å². The Kier molecular flexibility index (Phi) is 11.0. The Morgan fingerprint density at radius 1 is 0.677 bits per heavy atom. The third-order valence-corrected chi connectivity index (χ3v) is 11.0. The molecule has 0 saturated carbocycles. The average Bonchev–Trinajstić information content (AvgIpc) is 3.90. The molecule has 0 unspecified atom stereocenters. The Labute approximate surface area is 381 Å². The number of hydrogen-bond donors (Lipinski definition) is 0. The van der Waals surface area contributed by atoms with E-state index in [0.29, 0.717) is 16.9 Å². The summed E-state index contributed by atoms with van der Waals surface area (Å²) in [5, 5.41) is 2.15. The molecule has 0 aliphatic heterocycles. The predicted octanol–water partition coefficient (Wildman–Crippen LogP) is 15.4. The van der Waals surface area contributed by atoms with Gasteiger partial charge in [0.05, 0.1) is 29.0 Å². The fourth-order valence-corrected chi connectivity index (χ4v) is 7.98. The van der Waals surface area contributed by atoms with Crippen LogP contribution in [0.5, 0.6) is 0 Å². The number of aryl methyl sites for hydroxylation is 1. The van der Waals surface area contributed by atoms with Gasteiger partial charge in [0, 0.05) is 41.5 Å². The Morgan fingerprint density at radius 3 is 2.02 bits per heavy atom. The molecular formula is C56H44IrN4O-2. The molecular weight excluding hydrogens is 937 g/mol. The summed E-state index contributed by atoms with van der Waals surface area (Å²) in [6.45, 7) is 13.9. The molecule has 0 aliphatic rings. The van der Waals surface area contributed by atoms with Gasteiger partial charge < -0.3 is 14.0 Å². The monoisotopic (exact) mass is 984 g/mol. The molecule has 10 rings (SSSR count). The van der Waals surface area contributed by atoms with Crippen LogP contribution in [0.2, 0.25) is 0 Å². The summed E-state index contributed by atoms with van der Waals surface area (Å²) in [5.74, 6) is 1.41. The Morgan fingerprint density at radius 2 is 1.35 bits per heavy atom. The van der Waals surface area contributed by atoms with Crippen molar-refractivity contribution in [1.82, 2.24) is 14.5 Å². The molecule has 3 aromatic heterocycles. The average molecular weight is 984 g/mol. The largest absolute Gasteiger partial charge is 0.501 e. The van der Waals surface area contributed by atoms with E-state index in [9.17, 15) is 0 Å². The summed E-state index contributed by atoms with van der Waals surface area (Å²) >= 11 is 0. The standard InChI is InChI=1S/C43H35N2O.C13H9N2.Ir/c1-27(2)36-24-32(30-16-9-6-10-17-30)25-37(28(3)4)41(36)45-39-21-12-11-20-38(39)44-43(45)35-19-13-18-34-33-23-22-31(26-40(33)46-42(34)35)29-14-7-5-8-15-29;1-10-6-7-13(15-9-10)11-4-3-5-12(8-11)14-2;/h5-18,20-28H,1-4H3;3,5-9H,1H3;/q2*-1;/i;1D3;. The van der Waals surface area contributed by atoms with Gasteiger partial charge in [-0.25, -0.2) is 0 Å². The molecule has 0 amide bonds. The van der Waals surface area contributed by atoms with Crippen molar-refractivity contribution in [3.8, 4) is 50.6 Å². The summed E-state index contributed by atoms with van der Waals surface area (Å²) in [6, 6.07) is 59.6. The van der Waals surface area contributed by atoms with E-state index < -0.39 is 6.85 Å². The van der Waals surface area contributed by atoms with Crippen molar-refractivity contribution < 1.29 is 28.6 Å². The van der Waals surface area contributed by atoms with Gasteiger partial charge in [-0.1, -0.05) is 136 Å². The molecule has 6 heteroatoms. The van der Waals surface area contributed by atoms with Gasteiger partial charge in [0.2, 0.25) is 0 Å². The van der Waals surface area contributed by atoms with Gasteiger partial charge in [-0.3, -0.25) is 9.83 Å². The first-order chi connectivity index (χ1) is 31.0. The Hall–Kier alpha value is -6.90. The molecule has 10 aromatic rings. The second-order valence-electron chi connectivity index (χ2n) is 15.7. The van der Waals surface area contributed by atoms with Crippen LogP contribution in [0.4, 0.5) is 5.69 Å². The number of imidazole rings is 1. The number of rotatable bonds is 7. The second kappa shape index (κ2) is 18.0. The fourth-order valence-electron chi connectivity index (χ4n) is 7.98. The van der Waals surface area contributed by atoms with Gasteiger partial charge in [0.25, 0.3) is 0 Å². The number of hydrogen-bond acceptors (Lipinski definition) is 3. The number of pyridine rings is 1. The minimum absolute atomic E-state index is 0. The Balaban J connectivity index is 0.000000255. The zero-order valence-electron chi connectivity index (χ0n) is 37.8. The first-order valence-corrected chi connectivity index (χ1v) is 20.5. The summed E-state index contributed by atoms with van der Waals surface area (Å²) in [7, 11) is 0. The molecule has 0 atom stereocenters. The van der Waals surface area contributed by atoms with Crippen molar-refractivity contribution in [2.24, 2.45) is 0 Å². The van der Waals surface area contributed by atoms with Crippen LogP contribution in [0.3, 0.4) is 0 Å². The van der Waals surface area contributed by atoms with E-state index in [0.717, 1.165) is 49.9 Å². The van der Waals surface area contributed by atoms with Gasteiger partial charge in [-0.2, -0.15) is 6.07 Å². The molecule has 305 valence electrons. The number of nitrogens with zero attached hydrogens (tertiary/aromatic N) is 4. The van der Waals surface area contributed by atoms with E-state index in [1.54, 1.807) is 24.3 Å². The van der Waals surface area contributed by atoms with E-state index in [1.165, 1.54) is 45.8 Å². The molecule has 1 radical (unpaired) electrons. The molecule has 62 heavy (non-hydrogen) atoms. The number of aromatic nitrogens is 3. The molecule has 0 bridgehead atoms. The van der Waals surface area contributed by atoms with E-state index in [-0.39, 0.29) is 37.5 Å². The normalized spacial score (nSPS) is 12.0. The summed E-state index contributed by atoms with van der Waals surface area (Å²) in [4.78, 5) is 12.7. The predicted molar refractivity (Wildman–Crippen MR) is 251 cm³/mol. The first-order valence-electron chi connectivity index (χ1n) is 22.0. The van der Waals surface area contributed by atoms with Gasteiger partial charge in [0.15, 0.2) is 0 Å². The molecule has 7 aromatic carbocycles. The van der Waals surface area contributed by atoms with Gasteiger partial charge in [-0.05, 0) is 93.7 Å². The van der Waals surface area contributed by atoms with E-state index >= 15 is 0 Å². The van der Waals surface area contributed by atoms with E-state index in [2.05, 4.69) is 169 Å². The van der Waals surface area contributed by atoms with Crippen LogP contribution in [0.15, 0.2) is 168 Å². The van der Waals surface area contributed by atoms with Crippen molar-refractivity contribution >= 4 is 38.7 Å². The van der Waals surface area contributed by atoms with Crippen LogP contribution in [0.25, 0.3) is 88.4 Å². The maximum Gasteiger partial charge on any atom is 0.121 e. The number of benzene rings is 7. The number of fused-ring (bicyclic) bond motifs is 4. The number of furan rings is 1. The minimum Gasteiger partial charge on any atom is -0.501 e. The summed E-state index contributed by atoms with van der Waals surface area (Å²) in [6.07, 6.45) is 1.33. The van der Waals surface area contributed by atoms with Crippen LogP contribution in [-0.2, 0) is 20.1 Å². The van der Waals surface area contributed by atoms with Crippen LogP contribution < -0.4 is 0 Å². The maximum atomic E-state index is 7.26. The topological polar surface area (TPSA) is 48.2 Å². The maximum absolute atomic E-state index is 7.26. The van der Waals surface area contributed by atoms with Crippen molar-refractivity contribution in [3.63, 3.8) is 0 Å². The SMILES string of the molecule is CC(C)c1cc(-c2ccccc2)cc(C(C)C)c1-n1c(-c2[c-]ccc3c2oc2cc(-c4ccccc4)ccc23)nc2ccccc21.[2H]C([2H])([2H])c1ccc(-c2[c-]ccc([N+]#[C-])c2)nc1.[Ir].